The second kappa shape index (κ2) is 3.74. The van der Waals surface area contributed by atoms with E-state index < -0.39 is 0 Å². The van der Waals surface area contributed by atoms with Gasteiger partial charge in [-0.05, 0) is 38.1 Å². The Morgan fingerprint density at radius 1 is 1.12 bits per heavy atom. The minimum Gasteiger partial charge on any atom is -0.493 e. The fraction of sp³-hybridized carbons (Fsp3) is 0.385. The highest BCUT2D eigenvalue weighted by Crippen LogP contribution is 2.42. The lowest BCUT2D eigenvalue weighted by molar-refractivity contribution is 0.158. The van der Waals surface area contributed by atoms with E-state index in [1.54, 1.807) is 14.2 Å². The molecule has 0 spiro atoms. The van der Waals surface area contributed by atoms with Gasteiger partial charge in [0.15, 0.2) is 11.5 Å². The normalized spacial score (nSPS) is 16.2. The van der Waals surface area contributed by atoms with Crippen molar-refractivity contribution >= 4 is 6.08 Å². The van der Waals surface area contributed by atoms with Gasteiger partial charge in [-0.15, -0.1) is 0 Å². The third kappa shape index (κ3) is 1.73. The number of hydrogen-bond acceptors (Lipinski definition) is 3. The number of ether oxygens (including phenoxy) is 3. The maximum atomic E-state index is 5.84. The molecule has 1 aliphatic heterocycles. The number of methoxy groups -OCH3 is 2. The molecule has 0 N–H and O–H groups in total. The van der Waals surface area contributed by atoms with Crippen LogP contribution in [-0.4, -0.2) is 19.8 Å². The van der Waals surface area contributed by atoms with Crippen LogP contribution in [0.3, 0.4) is 0 Å². The predicted octanol–water partition coefficient (Wildman–Crippen LogP) is 2.89. The van der Waals surface area contributed by atoms with Gasteiger partial charge in [0.05, 0.1) is 19.8 Å². The van der Waals surface area contributed by atoms with Crippen LogP contribution in [0.2, 0.25) is 0 Å². The summed E-state index contributed by atoms with van der Waals surface area (Å²) in [7, 11) is 3.26. The van der Waals surface area contributed by atoms with Crippen molar-refractivity contribution in [3.05, 3.63) is 23.8 Å². The highest BCUT2D eigenvalue weighted by atomic mass is 16.5. The standard InChI is InChI=1S/C13H16O3/c1-13(2)8-7-9-10(16-13)5-6-11(14-3)12(9)15-4/h5-8H,1-4H3. The van der Waals surface area contributed by atoms with Crippen molar-refractivity contribution in [2.24, 2.45) is 0 Å². The van der Waals surface area contributed by atoms with E-state index in [0.29, 0.717) is 11.5 Å². The van der Waals surface area contributed by atoms with Crippen LogP contribution in [0.1, 0.15) is 19.4 Å². The molecule has 16 heavy (non-hydrogen) atoms. The van der Waals surface area contributed by atoms with Gasteiger partial charge in [0.2, 0.25) is 0 Å². The molecule has 3 nitrogen and oxygen atoms in total. The first kappa shape index (κ1) is 10.9. The summed E-state index contributed by atoms with van der Waals surface area (Å²) < 4.78 is 16.4. The van der Waals surface area contributed by atoms with Crippen molar-refractivity contribution in [3.8, 4) is 17.2 Å². The zero-order valence-corrected chi connectivity index (χ0v) is 10.0. The van der Waals surface area contributed by atoms with Crippen molar-refractivity contribution in [2.45, 2.75) is 19.4 Å². The van der Waals surface area contributed by atoms with Crippen LogP contribution in [-0.2, 0) is 0 Å². The summed E-state index contributed by atoms with van der Waals surface area (Å²) in [6.45, 7) is 4.03. The minimum atomic E-state index is -0.271. The average molecular weight is 220 g/mol. The van der Waals surface area contributed by atoms with Gasteiger partial charge >= 0.3 is 0 Å². The van der Waals surface area contributed by atoms with E-state index in [-0.39, 0.29) is 5.60 Å². The number of rotatable bonds is 2. The van der Waals surface area contributed by atoms with Crippen molar-refractivity contribution in [1.29, 1.82) is 0 Å². The summed E-state index contributed by atoms with van der Waals surface area (Å²) in [5, 5.41) is 0. The second-order valence-corrected chi connectivity index (χ2v) is 4.25. The van der Waals surface area contributed by atoms with Crippen molar-refractivity contribution < 1.29 is 14.2 Å². The van der Waals surface area contributed by atoms with Crippen LogP contribution in [0.5, 0.6) is 17.2 Å². The molecule has 1 aromatic carbocycles. The van der Waals surface area contributed by atoms with Gasteiger partial charge in [-0.1, -0.05) is 0 Å². The van der Waals surface area contributed by atoms with Crippen LogP contribution in [0.15, 0.2) is 18.2 Å². The van der Waals surface area contributed by atoms with Crippen molar-refractivity contribution in [2.75, 3.05) is 14.2 Å². The molecule has 0 amide bonds. The molecular formula is C13H16O3. The smallest absolute Gasteiger partial charge is 0.171 e. The summed E-state index contributed by atoms with van der Waals surface area (Å²) in [5.41, 5.74) is 0.660. The molecule has 1 aromatic rings. The molecule has 1 aliphatic rings. The third-order valence-corrected chi connectivity index (χ3v) is 2.57. The zero-order valence-electron chi connectivity index (χ0n) is 10.0. The number of hydrogen-bond donors (Lipinski definition) is 0. The molecule has 0 aromatic heterocycles. The van der Waals surface area contributed by atoms with E-state index in [0.717, 1.165) is 11.3 Å². The van der Waals surface area contributed by atoms with Gasteiger partial charge in [0.25, 0.3) is 0 Å². The first-order valence-corrected chi connectivity index (χ1v) is 5.20. The first-order valence-electron chi connectivity index (χ1n) is 5.20. The lowest BCUT2D eigenvalue weighted by Crippen LogP contribution is -2.27. The highest BCUT2D eigenvalue weighted by molar-refractivity contribution is 5.70. The molecule has 86 valence electrons. The van der Waals surface area contributed by atoms with Crippen LogP contribution < -0.4 is 14.2 Å². The summed E-state index contributed by atoms with van der Waals surface area (Å²) >= 11 is 0. The Kier molecular flexibility index (Phi) is 2.54. The van der Waals surface area contributed by atoms with E-state index in [1.807, 2.05) is 38.1 Å². The molecule has 0 atom stereocenters. The topological polar surface area (TPSA) is 27.7 Å². The van der Waals surface area contributed by atoms with Gasteiger partial charge in [-0.2, -0.15) is 0 Å². The molecule has 3 heteroatoms. The zero-order chi connectivity index (χ0) is 11.8. The monoisotopic (exact) mass is 220 g/mol. The van der Waals surface area contributed by atoms with Crippen molar-refractivity contribution in [3.63, 3.8) is 0 Å². The second-order valence-electron chi connectivity index (χ2n) is 4.25. The molecule has 0 saturated carbocycles. The maximum Gasteiger partial charge on any atom is 0.171 e. The quantitative estimate of drug-likeness (QED) is 0.767. The van der Waals surface area contributed by atoms with Crippen LogP contribution >= 0.6 is 0 Å². The van der Waals surface area contributed by atoms with Crippen LogP contribution in [0.25, 0.3) is 6.08 Å². The highest BCUT2D eigenvalue weighted by Gasteiger charge is 2.25. The lowest BCUT2D eigenvalue weighted by Gasteiger charge is -2.28. The number of fused-ring (bicyclic) bond motifs is 1. The third-order valence-electron chi connectivity index (χ3n) is 2.57. The largest absolute Gasteiger partial charge is 0.493 e. The Balaban J connectivity index is 2.54. The molecule has 2 rings (SSSR count). The molecule has 0 aliphatic carbocycles. The summed E-state index contributed by atoms with van der Waals surface area (Å²) in [5.74, 6) is 2.26. The van der Waals surface area contributed by atoms with Gasteiger partial charge in [0, 0.05) is 0 Å². The SMILES string of the molecule is COc1ccc2c(c1OC)C=CC(C)(C)O2. The van der Waals surface area contributed by atoms with Crippen LogP contribution in [0.4, 0.5) is 0 Å². The fourth-order valence-electron chi connectivity index (χ4n) is 1.78. The average Bonchev–Trinajstić information content (AvgIpc) is 2.26. The molecular weight excluding hydrogens is 204 g/mol. The molecule has 0 saturated heterocycles. The van der Waals surface area contributed by atoms with Crippen molar-refractivity contribution in [1.82, 2.24) is 0 Å². The fourth-order valence-corrected chi connectivity index (χ4v) is 1.78. The summed E-state index contributed by atoms with van der Waals surface area (Å²) in [6, 6.07) is 3.76. The Hall–Kier alpha value is -1.64. The maximum absolute atomic E-state index is 5.84. The van der Waals surface area contributed by atoms with E-state index in [1.165, 1.54) is 0 Å². The van der Waals surface area contributed by atoms with Gasteiger partial charge in [0.1, 0.15) is 11.4 Å². The minimum absolute atomic E-state index is 0.271. The molecule has 1 heterocycles. The Labute approximate surface area is 95.6 Å². The Morgan fingerprint density at radius 3 is 2.50 bits per heavy atom. The molecule has 0 fully saturated rings. The van der Waals surface area contributed by atoms with E-state index in [4.69, 9.17) is 14.2 Å². The lowest BCUT2D eigenvalue weighted by atomic mass is 10.0. The van der Waals surface area contributed by atoms with Crippen LogP contribution in [0, 0.1) is 0 Å². The molecule has 0 unspecified atom stereocenters. The Morgan fingerprint density at radius 2 is 1.88 bits per heavy atom. The van der Waals surface area contributed by atoms with E-state index in [9.17, 15) is 0 Å². The summed E-state index contributed by atoms with van der Waals surface area (Å²) in [4.78, 5) is 0. The summed E-state index contributed by atoms with van der Waals surface area (Å²) in [6.07, 6.45) is 4.03. The van der Waals surface area contributed by atoms with E-state index >= 15 is 0 Å². The van der Waals surface area contributed by atoms with Gasteiger partial charge in [-0.25, -0.2) is 0 Å². The van der Waals surface area contributed by atoms with Gasteiger partial charge < -0.3 is 14.2 Å². The van der Waals surface area contributed by atoms with Gasteiger partial charge in [-0.3, -0.25) is 0 Å². The predicted molar refractivity (Wildman–Crippen MR) is 63.3 cm³/mol. The number of benzene rings is 1. The molecule has 0 bridgehead atoms. The Bertz CT molecular complexity index is 433. The first-order chi connectivity index (χ1) is 7.57. The molecule has 0 radical (unpaired) electrons. The van der Waals surface area contributed by atoms with E-state index in [2.05, 4.69) is 0 Å².